The highest BCUT2D eigenvalue weighted by Crippen LogP contribution is 2.36. The maximum Gasteiger partial charge on any atom is 0.274 e. The van der Waals surface area contributed by atoms with E-state index in [2.05, 4.69) is 15.4 Å². The Morgan fingerprint density at radius 2 is 1.81 bits per heavy atom. The summed E-state index contributed by atoms with van der Waals surface area (Å²) in [6.45, 7) is 2.49. The second-order valence-electron chi connectivity index (χ2n) is 9.21. The molecule has 3 aromatic rings. The fourth-order valence-corrected chi connectivity index (χ4v) is 5.02. The summed E-state index contributed by atoms with van der Waals surface area (Å²) in [4.78, 5) is 15.4. The number of rotatable bonds is 7. The zero-order chi connectivity index (χ0) is 25.9. The third-order valence-electron chi connectivity index (χ3n) is 6.70. The maximum atomic E-state index is 14.7. The van der Waals surface area contributed by atoms with Crippen LogP contribution in [0.2, 0.25) is 5.02 Å². The van der Waals surface area contributed by atoms with E-state index in [0.29, 0.717) is 17.1 Å². The second-order valence-corrected chi connectivity index (χ2v) is 9.65. The van der Waals surface area contributed by atoms with Gasteiger partial charge in [-0.15, -0.1) is 0 Å². The number of likely N-dealkylation sites (tertiary alicyclic amines) is 1. The van der Waals surface area contributed by atoms with Crippen molar-refractivity contribution in [3.8, 4) is 11.5 Å². The molecule has 3 aromatic carbocycles. The number of hydrogen-bond donors (Lipinski definition) is 3. The standard InChI is InChI=1S/C27H27ClFN3O5/c28-20-6-5-16-11-18(4-3-17(16)12-20)24(31-35)27(34)30-22(15-32-7-1-2-8-32)25(33)19-13-21(29)26-23(14-19)36-9-10-37-26/h3-6,11-14,22,25,33,35H,1-2,7-10,15H2,(H,30,34)/b31-24+. The molecule has 10 heteroatoms. The Bertz CT molecular complexity index is 1350. The van der Waals surface area contributed by atoms with Gasteiger partial charge in [0.05, 0.1) is 6.04 Å². The van der Waals surface area contributed by atoms with Crippen LogP contribution in [0.25, 0.3) is 10.8 Å². The largest absolute Gasteiger partial charge is 0.486 e. The highest BCUT2D eigenvalue weighted by molar-refractivity contribution is 6.45. The number of amides is 1. The average molecular weight is 528 g/mol. The van der Waals surface area contributed by atoms with Crippen molar-refractivity contribution in [2.24, 2.45) is 5.16 Å². The van der Waals surface area contributed by atoms with Gasteiger partial charge in [0, 0.05) is 17.1 Å². The molecule has 0 radical (unpaired) electrons. The molecule has 5 rings (SSSR count). The predicted molar refractivity (Wildman–Crippen MR) is 137 cm³/mol. The number of benzene rings is 3. The first-order valence-electron chi connectivity index (χ1n) is 12.1. The molecule has 2 unspecified atom stereocenters. The van der Waals surface area contributed by atoms with Crippen molar-refractivity contribution in [1.82, 2.24) is 10.2 Å². The molecule has 2 aliphatic heterocycles. The molecule has 1 saturated heterocycles. The molecule has 0 bridgehead atoms. The molecule has 0 spiro atoms. The summed E-state index contributed by atoms with van der Waals surface area (Å²) in [5, 5.41) is 29.4. The number of oxime groups is 1. The van der Waals surface area contributed by atoms with Gasteiger partial charge in [-0.3, -0.25) is 4.79 Å². The summed E-state index contributed by atoms with van der Waals surface area (Å²) in [6, 6.07) is 12.4. The van der Waals surface area contributed by atoms with E-state index >= 15 is 0 Å². The first-order valence-corrected chi connectivity index (χ1v) is 12.5. The number of nitrogens with zero attached hydrogens (tertiary/aromatic N) is 2. The Balaban J connectivity index is 1.41. The Morgan fingerprint density at radius 1 is 1.08 bits per heavy atom. The van der Waals surface area contributed by atoms with Crippen LogP contribution in [-0.4, -0.2) is 65.7 Å². The number of nitrogens with one attached hydrogen (secondary N) is 1. The molecule has 194 valence electrons. The fraction of sp³-hybridized carbons (Fsp3) is 0.333. The van der Waals surface area contributed by atoms with Gasteiger partial charge in [0.1, 0.15) is 19.3 Å². The van der Waals surface area contributed by atoms with Crippen LogP contribution in [0, 0.1) is 5.82 Å². The van der Waals surface area contributed by atoms with E-state index in [1.54, 1.807) is 30.3 Å². The van der Waals surface area contributed by atoms with Gasteiger partial charge in [-0.1, -0.05) is 35.0 Å². The fourth-order valence-electron chi connectivity index (χ4n) is 4.84. The average Bonchev–Trinajstić information content (AvgIpc) is 3.41. The number of halogens is 2. The van der Waals surface area contributed by atoms with Gasteiger partial charge in [-0.05, 0) is 72.6 Å². The van der Waals surface area contributed by atoms with Crippen LogP contribution in [0.3, 0.4) is 0 Å². The Kier molecular flexibility index (Phi) is 7.45. The molecular formula is C27H27ClFN3O5. The molecule has 0 aliphatic carbocycles. The third-order valence-corrected chi connectivity index (χ3v) is 6.94. The van der Waals surface area contributed by atoms with Crippen molar-refractivity contribution >= 4 is 34.0 Å². The molecular weight excluding hydrogens is 501 g/mol. The summed E-state index contributed by atoms with van der Waals surface area (Å²) in [5.74, 6) is -1.10. The topological polar surface area (TPSA) is 104 Å². The molecule has 1 fully saturated rings. The summed E-state index contributed by atoms with van der Waals surface area (Å²) in [6.07, 6.45) is 0.772. The minimum atomic E-state index is -1.26. The normalized spacial score (nSPS) is 17.5. The van der Waals surface area contributed by atoms with Crippen LogP contribution in [0.15, 0.2) is 53.7 Å². The molecule has 2 heterocycles. The van der Waals surface area contributed by atoms with Crippen LogP contribution in [-0.2, 0) is 4.79 Å². The van der Waals surface area contributed by atoms with E-state index in [4.69, 9.17) is 21.1 Å². The van der Waals surface area contributed by atoms with E-state index in [1.165, 1.54) is 12.1 Å². The zero-order valence-electron chi connectivity index (χ0n) is 20.0. The SMILES string of the molecule is O=C(NC(CN1CCCC1)C(O)c1cc(F)c2c(c1)OCCO2)/C(=N/O)c1ccc2cc(Cl)ccc2c1. The van der Waals surface area contributed by atoms with E-state index in [1.807, 2.05) is 6.07 Å². The number of carbonyl (C=O) groups is 1. The molecule has 2 atom stereocenters. The molecule has 1 amide bonds. The van der Waals surface area contributed by atoms with Crippen LogP contribution >= 0.6 is 11.6 Å². The zero-order valence-corrected chi connectivity index (χ0v) is 20.7. The number of aliphatic hydroxyl groups excluding tert-OH is 1. The van der Waals surface area contributed by atoms with Gasteiger partial charge < -0.3 is 30.0 Å². The van der Waals surface area contributed by atoms with Crippen molar-refractivity contribution in [2.45, 2.75) is 25.0 Å². The summed E-state index contributed by atoms with van der Waals surface area (Å²) < 4.78 is 25.6. The van der Waals surface area contributed by atoms with Crippen molar-refractivity contribution in [3.05, 3.63) is 70.5 Å². The van der Waals surface area contributed by atoms with E-state index in [9.17, 15) is 19.5 Å². The Morgan fingerprint density at radius 3 is 2.59 bits per heavy atom. The smallest absolute Gasteiger partial charge is 0.274 e. The maximum absolute atomic E-state index is 14.7. The number of ether oxygens (including phenoxy) is 2. The van der Waals surface area contributed by atoms with E-state index in [0.717, 1.165) is 36.7 Å². The van der Waals surface area contributed by atoms with Crippen LogP contribution in [0.1, 0.15) is 30.1 Å². The third kappa shape index (κ3) is 5.49. The summed E-state index contributed by atoms with van der Waals surface area (Å²) >= 11 is 6.06. The molecule has 2 aliphatic rings. The monoisotopic (exact) mass is 527 g/mol. The Hall–Kier alpha value is -3.40. The van der Waals surface area contributed by atoms with Gasteiger partial charge >= 0.3 is 0 Å². The number of aliphatic hydroxyl groups is 1. The first-order chi connectivity index (χ1) is 17.9. The lowest BCUT2D eigenvalue weighted by Crippen LogP contribution is -2.49. The van der Waals surface area contributed by atoms with Gasteiger partial charge in [-0.2, -0.15) is 0 Å². The quantitative estimate of drug-likeness (QED) is 0.245. The molecule has 8 nitrogen and oxygen atoms in total. The molecule has 0 saturated carbocycles. The summed E-state index contributed by atoms with van der Waals surface area (Å²) in [7, 11) is 0. The Labute approximate surface area is 218 Å². The summed E-state index contributed by atoms with van der Waals surface area (Å²) in [5.41, 5.74) is 0.440. The number of fused-ring (bicyclic) bond motifs is 2. The van der Waals surface area contributed by atoms with E-state index in [-0.39, 0.29) is 36.0 Å². The lowest BCUT2D eigenvalue weighted by Gasteiger charge is -2.29. The van der Waals surface area contributed by atoms with Crippen LogP contribution < -0.4 is 14.8 Å². The first kappa shape index (κ1) is 25.3. The van der Waals surface area contributed by atoms with Crippen molar-refractivity contribution in [3.63, 3.8) is 0 Å². The lowest BCUT2D eigenvalue weighted by atomic mass is 9.99. The van der Waals surface area contributed by atoms with Crippen molar-refractivity contribution < 1.29 is 29.0 Å². The highest BCUT2D eigenvalue weighted by Gasteiger charge is 2.30. The van der Waals surface area contributed by atoms with Gasteiger partial charge in [-0.25, -0.2) is 4.39 Å². The van der Waals surface area contributed by atoms with Crippen molar-refractivity contribution in [2.75, 3.05) is 32.8 Å². The van der Waals surface area contributed by atoms with Crippen LogP contribution in [0.5, 0.6) is 11.5 Å². The van der Waals surface area contributed by atoms with Gasteiger partial charge in [0.25, 0.3) is 5.91 Å². The highest BCUT2D eigenvalue weighted by atomic mass is 35.5. The van der Waals surface area contributed by atoms with Crippen molar-refractivity contribution in [1.29, 1.82) is 0 Å². The predicted octanol–water partition coefficient (Wildman–Crippen LogP) is 3.90. The lowest BCUT2D eigenvalue weighted by molar-refractivity contribution is -0.116. The van der Waals surface area contributed by atoms with Gasteiger partial charge in [0.15, 0.2) is 23.0 Å². The van der Waals surface area contributed by atoms with Gasteiger partial charge in [0.2, 0.25) is 0 Å². The van der Waals surface area contributed by atoms with E-state index < -0.39 is 23.9 Å². The molecule has 0 aromatic heterocycles. The van der Waals surface area contributed by atoms with Crippen LogP contribution in [0.4, 0.5) is 4.39 Å². The number of carbonyl (C=O) groups excluding carboxylic acids is 1. The second kappa shape index (κ2) is 10.9. The minimum absolute atomic E-state index is 0.00891. The minimum Gasteiger partial charge on any atom is -0.486 e. The molecule has 3 N–H and O–H groups in total. The molecule has 37 heavy (non-hydrogen) atoms. The number of hydrogen-bond acceptors (Lipinski definition) is 7.